The van der Waals surface area contributed by atoms with Gasteiger partial charge >= 0.3 is 0 Å². The molecule has 0 saturated carbocycles. The zero-order chi connectivity index (χ0) is 36.3. The molecule has 0 spiro atoms. The van der Waals surface area contributed by atoms with E-state index in [4.69, 9.17) is 0 Å². The normalized spacial score (nSPS) is 14.6. The summed E-state index contributed by atoms with van der Waals surface area (Å²) < 4.78 is 2.64. The predicted molar refractivity (Wildman–Crippen MR) is 232 cm³/mol. The van der Waals surface area contributed by atoms with Crippen LogP contribution in [0, 0.1) is 0 Å². The van der Waals surface area contributed by atoms with Gasteiger partial charge in [-0.2, -0.15) is 0 Å². The topological polar surface area (TPSA) is 3.24 Å². The van der Waals surface area contributed by atoms with Crippen molar-refractivity contribution in [1.29, 1.82) is 0 Å². The largest absolute Gasteiger partial charge is 0.310 e. The van der Waals surface area contributed by atoms with E-state index in [2.05, 4.69) is 196 Å². The third kappa shape index (κ3) is 4.38. The lowest BCUT2D eigenvalue weighted by Crippen LogP contribution is -2.17. The van der Waals surface area contributed by atoms with E-state index in [0.717, 1.165) is 17.1 Å². The first-order valence-electron chi connectivity index (χ1n) is 19.0. The highest BCUT2D eigenvalue weighted by molar-refractivity contribution is 7.25. The second kappa shape index (κ2) is 11.3. The molecule has 0 amide bonds. The molecule has 1 nitrogen and oxygen atoms in total. The lowest BCUT2D eigenvalue weighted by atomic mass is 9.79. The summed E-state index contributed by atoms with van der Waals surface area (Å²) in [5, 5.41) is 5.15. The van der Waals surface area contributed by atoms with Gasteiger partial charge in [0.05, 0.1) is 0 Å². The SMILES string of the molecule is CC1(C)c2ccccc2-c2c1ccc1c2-c2cc(N(c3ccc(-c4cccc5ccccc45)cc3)c3ccc4sc5ccccc5c4c3)ccc2C1(C)C. The van der Waals surface area contributed by atoms with Crippen LogP contribution in [0.3, 0.4) is 0 Å². The summed E-state index contributed by atoms with van der Waals surface area (Å²) in [5.74, 6) is 0. The lowest BCUT2D eigenvalue weighted by molar-refractivity contribution is 0.651. The summed E-state index contributed by atoms with van der Waals surface area (Å²) in [6.45, 7) is 9.56. The highest BCUT2D eigenvalue weighted by atomic mass is 32.1. The summed E-state index contributed by atoms with van der Waals surface area (Å²) in [6, 6.07) is 61.4. The third-order valence-corrected chi connectivity index (χ3v) is 13.6. The maximum absolute atomic E-state index is 2.48. The van der Waals surface area contributed by atoms with Crippen molar-refractivity contribution in [3.63, 3.8) is 0 Å². The van der Waals surface area contributed by atoms with Crippen molar-refractivity contribution in [2.45, 2.75) is 38.5 Å². The Bertz CT molecular complexity index is 2990. The molecule has 2 aliphatic rings. The molecule has 0 aliphatic heterocycles. The number of benzene rings is 8. The Morgan fingerprint density at radius 2 is 0.944 bits per heavy atom. The molecule has 0 radical (unpaired) electrons. The minimum absolute atomic E-state index is 0.0535. The maximum atomic E-state index is 2.48. The van der Waals surface area contributed by atoms with Crippen LogP contribution in [0.4, 0.5) is 17.1 Å². The average Bonchev–Trinajstić information content (AvgIpc) is 3.77. The van der Waals surface area contributed by atoms with Gasteiger partial charge in [-0.25, -0.2) is 0 Å². The van der Waals surface area contributed by atoms with Crippen LogP contribution in [0.25, 0.3) is 64.3 Å². The van der Waals surface area contributed by atoms with Crippen molar-refractivity contribution in [2.75, 3.05) is 4.90 Å². The smallest absolute Gasteiger partial charge is 0.0468 e. The first-order chi connectivity index (χ1) is 26.3. The number of nitrogens with zero attached hydrogens (tertiary/aromatic N) is 1. The summed E-state index contributed by atoms with van der Waals surface area (Å²) in [6.07, 6.45) is 0. The molecule has 0 unspecified atom stereocenters. The standard InChI is InChI=1S/C52H39NS/c1-51(2)43-18-9-7-16-40(43)49-45(51)27-28-46-50(49)42-31-35(24-26-44(42)52(46,3)4)53(36-25-29-48-41(30-36)39-15-8-10-19-47(39)54-48)34-22-20-33(21-23-34)38-17-11-13-32-12-5-6-14-37(32)38/h5-31H,1-4H3. The molecular weight excluding hydrogens is 671 g/mol. The van der Waals surface area contributed by atoms with Crippen molar-refractivity contribution in [3.8, 4) is 33.4 Å². The fourth-order valence-electron chi connectivity index (χ4n) is 9.73. The molecule has 0 atom stereocenters. The summed E-state index contributed by atoms with van der Waals surface area (Å²) in [4.78, 5) is 2.46. The molecule has 11 rings (SSSR count). The van der Waals surface area contributed by atoms with Gasteiger partial charge in [0.25, 0.3) is 0 Å². The zero-order valence-electron chi connectivity index (χ0n) is 30.9. The molecule has 2 aliphatic carbocycles. The Balaban J connectivity index is 1.13. The molecule has 0 saturated heterocycles. The molecular formula is C52H39NS. The van der Waals surface area contributed by atoms with Gasteiger partial charge in [-0.05, 0) is 115 Å². The average molecular weight is 710 g/mol. The van der Waals surface area contributed by atoms with Gasteiger partial charge in [0.1, 0.15) is 0 Å². The third-order valence-electron chi connectivity index (χ3n) is 12.5. The maximum Gasteiger partial charge on any atom is 0.0468 e. The monoisotopic (exact) mass is 709 g/mol. The van der Waals surface area contributed by atoms with Crippen molar-refractivity contribution in [1.82, 2.24) is 0 Å². The first-order valence-corrected chi connectivity index (χ1v) is 19.8. The molecule has 8 aromatic carbocycles. The van der Waals surface area contributed by atoms with Crippen LogP contribution in [0.1, 0.15) is 49.9 Å². The van der Waals surface area contributed by atoms with Crippen LogP contribution in [0.15, 0.2) is 164 Å². The number of hydrogen-bond acceptors (Lipinski definition) is 2. The molecule has 9 aromatic rings. The van der Waals surface area contributed by atoms with E-state index in [1.807, 2.05) is 11.3 Å². The van der Waals surface area contributed by atoms with Crippen molar-refractivity contribution >= 4 is 59.3 Å². The summed E-state index contributed by atoms with van der Waals surface area (Å²) >= 11 is 1.87. The molecule has 0 fully saturated rings. The summed E-state index contributed by atoms with van der Waals surface area (Å²) in [7, 11) is 0. The lowest BCUT2D eigenvalue weighted by Gasteiger charge is -2.27. The summed E-state index contributed by atoms with van der Waals surface area (Å²) in [5.41, 5.74) is 16.9. The van der Waals surface area contributed by atoms with Crippen LogP contribution >= 0.6 is 11.3 Å². The quantitative estimate of drug-likeness (QED) is 0.176. The first kappa shape index (κ1) is 31.6. The predicted octanol–water partition coefficient (Wildman–Crippen LogP) is 15.0. The van der Waals surface area contributed by atoms with Crippen molar-refractivity contribution < 1.29 is 0 Å². The number of hydrogen-bond donors (Lipinski definition) is 0. The molecule has 1 aromatic heterocycles. The van der Waals surface area contributed by atoms with Gasteiger partial charge in [-0.15, -0.1) is 11.3 Å². The van der Waals surface area contributed by atoms with Gasteiger partial charge < -0.3 is 4.90 Å². The van der Waals surface area contributed by atoms with Crippen LogP contribution in [-0.2, 0) is 10.8 Å². The minimum Gasteiger partial charge on any atom is -0.310 e. The minimum atomic E-state index is -0.112. The van der Waals surface area contributed by atoms with E-state index in [1.165, 1.54) is 86.6 Å². The molecule has 2 heteroatoms. The van der Waals surface area contributed by atoms with Crippen LogP contribution in [0.5, 0.6) is 0 Å². The van der Waals surface area contributed by atoms with Crippen LogP contribution < -0.4 is 4.90 Å². The highest BCUT2D eigenvalue weighted by Gasteiger charge is 2.43. The fraction of sp³-hybridized carbons (Fsp3) is 0.115. The molecule has 0 bridgehead atoms. The van der Waals surface area contributed by atoms with E-state index in [0.29, 0.717) is 0 Å². The Morgan fingerprint density at radius 3 is 1.76 bits per heavy atom. The van der Waals surface area contributed by atoms with E-state index in [1.54, 1.807) is 0 Å². The highest BCUT2D eigenvalue weighted by Crippen LogP contribution is 2.59. The van der Waals surface area contributed by atoms with Gasteiger partial charge in [-0.1, -0.05) is 143 Å². The van der Waals surface area contributed by atoms with Crippen LogP contribution in [-0.4, -0.2) is 0 Å². The fourth-order valence-corrected chi connectivity index (χ4v) is 10.8. The Morgan fingerprint density at radius 1 is 0.389 bits per heavy atom. The molecule has 258 valence electrons. The second-order valence-electron chi connectivity index (χ2n) is 16.1. The Kier molecular flexibility index (Phi) is 6.59. The Labute approximate surface area is 320 Å². The second-order valence-corrected chi connectivity index (χ2v) is 17.2. The van der Waals surface area contributed by atoms with Gasteiger partial charge in [0.2, 0.25) is 0 Å². The van der Waals surface area contributed by atoms with Gasteiger partial charge in [0.15, 0.2) is 0 Å². The zero-order valence-corrected chi connectivity index (χ0v) is 31.8. The Hall–Kier alpha value is -5.96. The van der Waals surface area contributed by atoms with Gasteiger partial charge in [-0.3, -0.25) is 0 Å². The van der Waals surface area contributed by atoms with E-state index in [9.17, 15) is 0 Å². The van der Waals surface area contributed by atoms with Gasteiger partial charge in [0, 0.05) is 48.1 Å². The van der Waals surface area contributed by atoms with E-state index >= 15 is 0 Å². The number of thiophene rings is 1. The molecule has 54 heavy (non-hydrogen) atoms. The number of fused-ring (bicyclic) bond motifs is 11. The molecule has 0 N–H and O–H groups in total. The molecule has 1 heterocycles. The number of anilines is 3. The van der Waals surface area contributed by atoms with E-state index < -0.39 is 0 Å². The van der Waals surface area contributed by atoms with E-state index in [-0.39, 0.29) is 10.8 Å². The van der Waals surface area contributed by atoms with Crippen LogP contribution in [0.2, 0.25) is 0 Å². The van der Waals surface area contributed by atoms with Crippen molar-refractivity contribution in [2.24, 2.45) is 0 Å². The number of rotatable bonds is 4. The van der Waals surface area contributed by atoms with Crippen molar-refractivity contribution in [3.05, 3.63) is 186 Å².